The lowest BCUT2D eigenvalue weighted by atomic mass is 10.1. The summed E-state index contributed by atoms with van der Waals surface area (Å²) in [6.07, 6.45) is 3.44. The number of nitrogens with zero attached hydrogens (tertiary/aromatic N) is 2. The molecular formula is C15H15N3O4. The Balaban J connectivity index is 1.78. The number of hydrogen-bond acceptors (Lipinski definition) is 6. The minimum atomic E-state index is -0.407. The summed E-state index contributed by atoms with van der Waals surface area (Å²) in [7, 11) is 0. The largest absolute Gasteiger partial charge is 0.454 e. The third-order valence-corrected chi connectivity index (χ3v) is 3.58. The van der Waals surface area contributed by atoms with E-state index in [0.29, 0.717) is 23.6 Å². The maximum atomic E-state index is 11.2. The zero-order valence-electron chi connectivity index (χ0n) is 12.0. The quantitative estimate of drug-likeness (QED) is 0.674. The summed E-state index contributed by atoms with van der Waals surface area (Å²) >= 11 is 0. The van der Waals surface area contributed by atoms with Gasteiger partial charge in [-0.3, -0.25) is 15.1 Å². The molecule has 1 aliphatic heterocycles. The summed E-state index contributed by atoms with van der Waals surface area (Å²) in [6.45, 7) is 2.45. The number of ether oxygens (including phenoxy) is 2. The van der Waals surface area contributed by atoms with Crippen molar-refractivity contribution in [3.05, 3.63) is 57.9 Å². The van der Waals surface area contributed by atoms with Crippen molar-refractivity contribution in [3.63, 3.8) is 0 Å². The highest BCUT2D eigenvalue weighted by molar-refractivity contribution is 5.55. The van der Waals surface area contributed by atoms with Gasteiger partial charge in [0.1, 0.15) is 0 Å². The maximum Gasteiger partial charge on any atom is 0.277 e. The SMILES string of the molecule is CC(NCc1cc2c(cc1[N+](=O)[O-])OCO2)c1ccncc1. The van der Waals surface area contributed by atoms with Gasteiger partial charge in [0, 0.05) is 30.5 Å². The standard InChI is InChI=1S/C15H15N3O4/c1-10(11-2-4-16-5-3-11)17-8-12-6-14-15(22-9-21-14)7-13(12)18(19)20/h2-7,10,17H,8-9H2,1H3. The van der Waals surface area contributed by atoms with Crippen LogP contribution in [-0.4, -0.2) is 16.7 Å². The number of pyridine rings is 1. The van der Waals surface area contributed by atoms with Gasteiger partial charge in [0.25, 0.3) is 5.69 Å². The monoisotopic (exact) mass is 301 g/mol. The molecule has 1 aliphatic rings. The number of fused-ring (bicyclic) bond motifs is 1. The molecule has 1 atom stereocenters. The van der Waals surface area contributed by atoms with E-state index in [4.69, 9.17) is 9.47 Å². The second-order valence-electron chi connectivity index (χ2n) is 4.97. The first-order chi connectivity index (χ1) is 10.6. The van der Waals surface area contributed by atoms with Crippen LogP contribution < -0.4 is 14.8 Å². The van der Waals surface area contributed by atoms with E-state index in [9.17, 15) is 10.1 Å². The van der Waals surface area contributed by atoms with Gasteiger partial charge in [0.15, 0.2) is 11.5 Å². The molecule has 2 aromatic rings. The Labute approximate surface area is 127 Å². The van der Waals surface area contributed by atoms with Crippen molar-refractivity contribution in [3.8, 4) is 11.5 Å². The zero-order chi connectivity index (χ0) is 15.5. The fourth-order valence-electron chi connectivity index (χ4n) is 2.32. The van der Waals surface area contributed by atoms with Crippen molar-refractivity contribution >= 4 is 5.69 Å². The Morgan fingerprint density at radius 1 is 1.32 bits per heavy atom. The molecule has 0 aliphatic carbocycles. The van der Waals surface area contributed by atoms with Gasteiger partial charge in [-0.2, -0.15) is 0 Å². The van der Waals surface area contributed by atoms with Crippen LogP contribution in [0.2, 0.25) is 0 Å². The Morgan fingerprint density at radius 2 is 2.00 bits per heavy atom. The van der Waals surface area contributed by atoms with Crippen LogP contribution in [0.5, 0.6) is 11.5 Å². The highest BCUT2D eigenvalue weighted by Crippen LogP contribution is 2.38. The molecule has 3 rings (SSSR count). The van der Waals surface area contributed by atoms with E-state index in [-0.39, 0.29) is 18.5 Å². The summed E-state index contributed by atoms with van der Waals surface area (Å²) in [5, 5.41) is 14.5. The molecule has 114 valence electrons. The Kier molecular flexibility index (Phi) is 3.88. The van der Waals surface area contributed by atoms with Crippen LogP contribution in [0.4, 0.5) is 5.69 Å². The van der Waals surface area contributed by atoms with Crippen LogP contribution in [0.15, 0.2) is 36.7 Å². The third-order valence-electron chi connectivity index (χ3n) is 3.58. The minimum Gasteiger partial charge on any atom is -0.454 e. The predicted octanol–water partition coefficient (Wildman–Crippen LogP) is 2.57. The van der Waals surface area contributed by atoms with Gasteiger partial charge in [-0.1, -0.05) is 0 Å². The number of rotatable bonds is 5. The lowest BCUT2D eigenvalue weighted by Gasteiger charge is -2.14. The van der Waals surface area contributed by atoms with Crippen molar-refractivity contribution < 1.29 is 14.4 Å². The summed E-state index contributed by atoms with van der Waals surface area (Å²) in [6, 6.07) is 6.94. The minimum absolute atomic E-state index is 0.0266. The molecule has 0 fully saturated rings. The van der Waals surface area contributed by atoms with E-state index < -0.39 is 4.92 Å². The average molecular weight is 301 g/mol. The van der Waals surface area contributed by atoms with Crippen LogP contribution in [-0.2, 0) is 6.54 Å². The van der Waals surface area contributed by atoms with E-state index in [0.717, 1.165) is 5.56 Å². The van der Waals surface area contributed by atoms with Crippen LogP contribution in [0.1, 0.15) is 24.1 Å². The molecule has 0 amide bonds. The molecule has 1 aromatic heterocycles. The van der Waals surface area contributed by atoms with Gasteiger partial charge < -0.3 is 14.8 Å². The molecule has 0 bridgehead atoms. The van der Waals surface area contributed by atoms with Crippen LogP contribution >= 0.6 is 0 Å². The summed E-state index contributed by atoms with van der Waals surface area (Å²) < 4.78 is 10.5. The van der Waals surface area contributed by atoms with Gasteiger partial charge in [-0.05, 0) is 30.7 Å². The van der Waals surface area contributed by atoms with Crippen LogP contribution in [0.3, 0.4) is 0 Å². The van der Waals surface area contributed by atoms with E-state index in [1.54, 1.807) is 18.5 Å². The molecule has 0 radical (unpaired) electrons. The first-order valence-corrected chi connectivity index (χ1v) is 6.85. The van der Waals surface area contributed by atoms with Crippen molar-refractivity contribution in [1.82, 2.24) is 10.3 Å². The van der Waals surface area contributed by atoms with E-state index in [1.807, 2.05) is 19.1 Å². The van der Waals surface area contributed by atoms with Crippen LogP contribution in [0, 0.1) is 10.1 Å². The molecule has 0 saturated heterocycles. The molecule has 7 nitrogen and oxygen atoms in total. The van der Waals surface area contributed by atoms with Gasteiger partial charge in [0.05, 0.1) is 11.0 Å². The molecule has 1 unspecified atom stereocenters. The molecule has 22 heavy (non-hydrogen) atoms. The van der Waals surface area contributed by atoms with E-state index >= 15 is 0 Å². The van der Waals surface area contributed by atoms with Gasteiger partial charge in [-0.15, -0.1) is 0 Å². The maximum absolute atomic E-state index is 11.2. The first-order valence-electron chi connectivity index (χ1n) is 6.85. The molecule has 1 aromatic carbocycles. The summed E-state index contributed by atoms with van der Waals surface area (Å²) in [5.74, 6) is 0.955. The molecule has 1 N–H and O–H groups in total. The molecule has 0 saturated carbocycles. The average Bonchev–Trinajstić information content (AvgIpc) is 2.99. The van der Waals surface area contributed by atoms with Crippen molar-refractivity contribution in [2.75, 3.05) is 6.79 Å². The summed E-state index contributed by atoms with van der Waals surface area (Å²) in [4.78, 5) is 14.8. The van der Waals surface area contributed by atoms with E-state index in [2.05, 4.69) is 10.3 Å². The van der Waals surface area contributed by atoms with Crippen LogP contribution in [0.25, 0.3) is 0 Å². The molecule has 0 spiro atoms. The lowest BCUT2D eigenvalue weighted by molar-refractivity contribution is -0.385. The first kappa shape index (κ1) is 14.3. The number of benzene rings is 1. The second-order valence-corrected chi connectivity index (χ2v) is 4.97. The zero-order valence-corrected chi connectivity index (χ0v) is 12.0. The fraction of sp³-hybridized carbons (Fsp3) is 0.267. The number of hydrogen-bond donors (Lipinski definition) is 1. The molecular weight excluding hydrogens is 286 g/mol. The van der Waals surface area contributed by atoms with Gasteiger partial charge in [-0.25, -0.2) is 0 Å². The van der Waals surface area contributed by atoms with Gasteiger partial charge >= 0.3 is 0 Å². The number of nitrogens with one attached hydrogen (secondary N) is 1. The van der Waals surface area contributed by atoms with Gasteiger partial charge in [0.2, 0.25) is 6.79 Å². The number of nitro benzene ring substituents is 1. The third kappa shape index (κ3) is 2.84. The van der Waals surface area contributed by atoms with Crippen molar-refractivity contribution in [2.45, 2.75) is 19.5 Å². The normalized spacial score (nSPS) is 13.9. The molecule has 7 heteroatoms. The molecule has 2 heterocycles. The van der Waals surface area contributed by atoms with Crippen molar-refractivity contribution in [1.29, 1.82) is 0 Å². The lowest BCUT2D eigenvalue weighted by Crippen LogP contribution is -2.18. The smallest absolute Gasteiger partial charge is 0.277 e. The summed E-state index contributed by atoms with van der Waals surface area (Å²) in [5.41, 5.74) is 1.66. The Hall–Kier alpha value is -2.67. The highest BCUT2D eigenvalue weighted by Gasteiger charge is 2.23. The highest BCUT2D eigenvalue weighted by atomic mass is 16.7. The topological polar surface area (TPSA) is 86.5 Å². The fourth-order valence-corrected chi connectivity index (χ4v) is 2.32. The second kappa shape index (κ2) is 5.98. The number of nitro groups is 1. The Bertz CT molecular complexity index is 691. The number of aromatic nitrogens is 1. The predicted molar refractivity (Wildman–Crippen MR) is 78.7 cm³/mol. The van der Waals surface area contributed by atoms with E-state index in [1.165, 1.54) is 6.07 Å². The Morgan fingerprint density at radius 3 is 2.68 bits per heavy atom. The van der Waals surface area contributed by atoms with Crippen molar-refractivity contribution in [2.24, 2.45) is 0 Å².